The van der Waals surface area contributed by atoms with E-state index < -0.39 is 0 Å². The standard InChI is InChI=1S/C26H32O4/c1-5-7-20(3)22(8-6-2)19-29-26(27)18-11-21-9-12-24(13-10-21)30-25-16-14-23(28-4)15-17-25/h5,7,9-18,20,22H,6,8,19H2,1-4H3/b7-5-,18-11+. The van der Waals surface area contributed by atoms with Gasteiger partial charge in [-0.3, -0.25) is 0 Å². The zero-order chi connectivity index (χ0) is 21.8. The van der Waals surface area contributed by atoms with Gasteiger partial charge in [-0.05, 0) is 73.2 Å². The third-order valence-corrected chi connectivity index (χ3v) is 4.93. The highest BCUT2D eigenvalue weighted by molar-refractivity contribution is 5.87. The third kappa shape index (κ3) is 7.78. The molecule has 0 aliphatic rings. The van der Waals surface area contributed by atoms with Gasteiger partial charge in [0.25, 0.3) is 0 Å². The van der Waals surface area contributed by atoms with E-state index in [9.17, 15) is 4.79 Å². The quantitative estimate of drug-likeness (QED) is 0.236. The highest BCUT2D eigenvalue weighted by atomic mass is 16.5. The van der Waals surface area contributed by atoms with Gasteiger partial charge in [0.05, 0.1) is 13.7 Å². The Hall–Kier alpha value is -3.01. The van der Waals surface area contributed by atoms with E-state index in [4.69, 9.17) is 14.2 Å². The summed E-state index contributed by atoms with van der Waals surface area (Å²) >= 11 is 0. The summed E-state index contributed by atoms with van der Waals surface area (Å²) in [6, 6.07) is 14.9. The zero-order valence-electron chi connectivity index (χ0n) is 18.3. The van der Waals surface area contributed by atoms with E-state index in [-0.39, 0.29) is 5.97 Å². The molecule has 0 saturated carbocycles. The smallest absolute Gasteiger partial charge is 0.330 e. The van der Waals surface area contributed by atoms with Crippen LogP contribution in [0.1, 0.15) is 39.2 Å². The second kappa shape index (κ2) is 12.5. The van der Waals surface area contributed by atoms with Gasteiger partial charge in [-0.15, -0.1) is 0 Å². The molecule has 0 fully saturated rings. The number of carbonyl (C=O) groups is 1. The number of carbonyl (C=O) groups excluding carboxylic acids is 1. The average Bonchev–Trinajstić information content (AvgIpc) is 2.76. The second-order valence-corrected chi connectivity index (χ2v) is 7.24. The number of hydrogen-bond acceptors (Lipinski definition) is 4. The fourth-order valence-corrected chi connectivity index (χ4v) is 3.16. The minimum Gasteiger partial charge on any atom is -0.497 e. The van der Waals surface area contributed by atoms with E-state index >= 15 is 0 Å². The van der Waals surface area contributed by atoms with Gasteiger partial charge < -0.3 is 14.2 Å². The lowest BCUT2D eigenvalue weighted by Crippen LogP contribution is -2.18. The molecule has 0 amide bonds. The van der Waals surface area contributed by atoms with Crippen LogP contribution in [0.25, 0.3) is 6.08 Å². The molecule has 0 aromatic heterocycles. The van der Waals surface area contributed by atoms with Crippen molar-refractivity contribution < 1.29 is 19.0 Å². The van der Waals surface area contributed by atoms with Gasteiger partial charge in [0.15, 0.2) is 0 Å². The maximum Gasteiger partial charge on any atom is 0.330 e. The molecule has 0 N–H and O–H groups in total. The Morgan fingerprint density at radius 1 is 1.00 bits per heavy atom. The first-order valence-corrected chi connectivity index (χ1v) is 10.4. The first-order chi connectivity index (χ1) is 14.5. The van der Waals surface area contributed by atoms with Crippen LogP contribution in [0.2, 0.25) is 0 Å². The molecule has 0 spiro atoms. The maximum absolute atomic E-state index is 12.1. The first kappa shape index (κ1) is 23.3. The summed E-state index contributed by atoms with van der Waals surface area (Å²) < 4.78 is 16.4. The Kier molecular flexibility index (Phi) is 9.72. The molecule has 0 radical (unpaired) electrons. The number of benzene rings is 2. The van der Waals surface area contributed by atoms with Gasteiger partial charge in [0.1, 0.15) is 17.2 Å². The molecule has 2 rings (SSSR count). The fourth-order valence-electron chi connectivity index (χ4n) is 3.16. The van der Waals surface area contributed by atoms with Gasteiger partial charge >= 0.3 is 5.97 Å². The zero-order valence-corrected chi connectivity index (χ0v) is 18.3. The van der Waals surface area contributed by atoms with E-state index in [1.807, 2.05) is 55.5 Å². The van der Waals surface area contributed by atoms with E-state index in [1.54, 1.807) is 13.2 Å². The summed E-state index contributed by atoms with van der Waals surface area (Å²) in [5.74, 6) is 2.66. The van der Waals surface area contributed by atoms with Crippen LogP contribution in [0.3, 0.4) is 0 Å². The lowest BCUT2D eigenvalue weighted by atomic mass is 9.90. The Morgan fingerprint density at radius 2 is 1.60 bits per heavy atom. The number of esters is 1. The Labute approximate surface area is 180 Å². The van der Waals surface area contributed by atoms with Crippen molar-refractivity contribution in [3.63, 3.8) is 0 Å². The van der Waals surface area contributed by atoms with Crippen LogP contribution in [0.4, 0.5) is 0 Å². The van der Waals surface area contributed by atoms with Crippen molar-refractivity contribution in [3.8, 4) is 17.2 Å². The number of hydrogen-bond donors (Lipinski definition) is 0. The van der Waals surface area contributed by atoms with E-state index in [0.29, 0.717) is 18.4 Å². The first-order valence-electron chi connectivity index (χ1n) is 10.4. The van der Waals surface area contributed by atoms with Gasteiger partial charge in [-0.2, -0.15) is 0 Å². The van der Waals surface area contributed by atoms with Crippen LogP contribution in [0, 0.1) is 11.8 Å². The van der Waals surface area contributed by atoms with Crippen LogP contribution in [-0.4, -0.2) is 19.7 Å². The lowest BCUT2D eigenvalue weighted by molar-refractivity contribution is -0.139. The fraction of sp³-hybridized carbons (Fsp3) is 0.346. The van der Waals surface area contributed by atoms with Crippen LogP contribution < -0.4 is 9.47 Å². The number of ether oxygens (including phenoxy) is 3. The van der Waals surface area contributed by atoms with Crippen LogP contribution in [0.5, 0.6) is 17.2 Å². The summed E-state index contributed by atoms with van der Waals surface area (Å²) in [6.07, 6.45) is 9.56. The van der Waals surface area contributed by atoms with Crippen molar-refractivity contribution in [1.29, 1.82) is 0 Å². The van der Waals surface area contributed by atoms with Crippen LogP contribution in [0.15, 0.2) is 66.8 Å². The monoisotopic (exact) mass is 408 g/mol. The normalized spacial score (nSPS) is 13.3. The highest BCUT2D eigenvalue weighted by Crippen LogP contribution is 2.24. The maximum atomic E-state index is 12.1. The summed E-state index contributed by atoms with van der Waals surface area (Å²) in [5.41, 5.74) is 0.904. The minimum atomic E-state index is -0.317. The van der Waals surface area contributed by atoms with Gasteiger partial charge in [-0.1, -0.05) is 44.6 Å². The molecule has 2 atom stereocenters. The predicted molar refractivity (Wildman–Crippen MR) is 122 cm³/mol. The second-order valence-electron chi connectivity index (χ2n) is 7.24. The lowest BCUT2D eigenvalue weighted by Gasteiger charge is -2.20. The molecule has 0 aliphatic carbocycles. The van der Waals surface area contributed by atoms with Crippen molar-refractivity contribution in [3.05, 3.63) is 72.3 Å². The van der Waals surface area contributed by atoms with Crippen molar-refractivity contribution in [2.24, 2.45) is 11.8 Å². The molecule has 2 aromatic carbocycles. The molecule has 0 bridgehead atoms. The SMILES string of the molecule is C/C=C\C(C)C(CCC)COC(=O)/C=C/c1ccc(Oc2ccc(OC)cc2)cc1. The molecule has 30 heavy (non-hydrogen) atoms. The van der Waals surface area contributed by atoms with E-state index in [1.165, 1.54) is 6.08 Å². The molecule has 4 heteroatoms. The number of methoxy groups -OCH3 is 1. The highest BCUT2D eigenvalue weighted by Gasteiger charge is 2.15. The molecule has 0 heterocycles. The Morgan fingerprint density at radius 3 is 2.17 bits per heavy atom. The minimum absolute atomic E-state index is 0.317. The molecule has 2 unspecified atom stereocenters. The van der Waals surface area contributed by atoms with Crippen molar-refractivity contribution in [2.45, 2.75) is 33.6 Å². The predicted octanol–water partition coefficient (Wildman–Crippen LogP) is 6.67. The summed E-state index contributed by atoms with van der Waals surface area (Å²) in [6.45, 7) is 6.78. The van der Waals surface area contributed by atoms with Gasteiger partial charge in [-0.25, -0.2) is 4.79 Å². The average molecular weight is 409 g/mol. The van der Waals surface area contributed by atoms with Gasteiger partial charge in [0, 0.05) is 6.08 Å². The molecule has 0 aliphatic heterocycles. The summed E-state index contributed by atoms with van der Waals surface area (Å²) in [7, 11) is 1.63. The van der Waals surface area contributed by atoms with Crippen molar-refractivity contribution >= 4 is 12.0 Å². The topological polar surface area (TPSA) is 44.8 Å². The number of allylic oxidation sites excluding steroid dienone is 2. The van der Waals surface area contributed by atoms with Crippen LogP contribution in [-0.2, 0) is 9.53 Å². The van der Waals surface area contributed by atoms with E-state index in [2.05, 4.69) is 26.0 Å². The Bertz CT molecular complexity index is 819. The van der Waals surface area contributed by atoms with Crippen molar-refractivity contribution in [1.82, 2.24) is 0 Å². The Balaban J connectivity index is 1.86. The third-order valence-electron chi connectivity index (χ3n) is 4.93. The molecule has 0 saturated heterocycles. The van der Waals surface area contributed by atoms with Gasteiger partial charge in [0.2, 0.25) is 0 Å². The molecular formula is C26H32O4. The molecule has 4 nitrogen and oxygen atoms in total. The molecular weight excluding hydrogens is 376 g/mol. The summed E-state index contributed by atoms with van der Waals surface area (Å²) in [4.78, 5) is 12.1. The molecule has 160 valence electrons. The largest absolute Gasteiger partial charge is 0.497 e. The van der Waals surface area contributed by atoms with E-state index in [0.717, 1.165) is 35.7 Å². The summed E-state index contributed by atoms with van der Waals surface area (Å²) in [5, 5.41) is 0. The number of rotatable bonds is 11. The van der Waals surface area contributed by atoms with Crippen molar-refractivity contribution in [2.75, 3.05) is 13.7 Å². The molecule has 2 aromatic rings. The van der Waals surface area contributed by atoms with Crippen LogP contribution >= 0.6 is 0 Å².